The number of rotatable bonds is 4. The summed E-state index contributed by atoms with van der Waals surface area (Å²) in [6.45, 7) is 0.0933. The number of sulfonamides is 1. The Hall–Kier alpha value is -2.14. The summed E-state index contributed by atoms with van der Waals surface area (Å²) < 4.78 is 64.7. The summed E-state index contributed by atoms with van der Waals surface area (Å²) in [7, 11) is -4.05. The third kappa shape index (κ3) is 4.98. The molecule has 1 saturated heterocycles. The molecule has 2 fully saturated rings. The van der Waals surface area contributed by atoms with Crippen molar-refractivity contribution >= 4 is 21.8 Å². The summed E-state index contributed by atoms with van der Waals surface area (Å²) in [6, 6.07) is 3.80. The van der Waals surface area contributed by atoms with Gasteiger partial charge in [0.2, 0.25) is 10.0 Å². The Morgan fingerprint density at radius 1 is 1.22 bits per heavy atom. The maximum atomic E-state index is 12.8. The second-order valence-electron chi connectivity index (χ2n) is 6.38. The van der Waals surface area contributed by atoms with E-state index < -0.39 is 32.8 Å². The smallest absolute Gasteiger partial charge is 0.317 e. The van der Waals surface area contributed by atoms with Gasteiger partial charge in [-0.3, -0.25) is 4.84 Å². The molecule has 1 heterocycles. The Bertz CT molecular complexity index is 841. The Morgan fingerprint density at radius 2 is 1.89 bits per heavy atom. The van der Waals surface area contributed by atoms with Gasteiger partial charge in [-0.05, 0) is 31.0 Å². The second-order valence-corrected chi connectivity index (χ2v) is 8.32. The van der Waals surface area contributed by atoms with E-state index in [1.54, 1.807) is 0 Å². The fraction of sp³-hybridized carbons (Fsp3) is 0.500. The van der Waals surface area contributed by atoms with Crippen LogP contribution < -0.4 is 5.32 Å². The number of halogens is 3. The topological polar surface area (TPSA) is 88.1 Å². The molecule has 1 aromatic rings. The first-order chi connectivity index (χ1) is 12.7. The molecular formula is C16H18F3N3O4S. The molecule has 1 saturated carbocycles. The largest absolute Gasteiger partial charge is 0.433 e. The SMILES string of the molecule is O=C(NC1CC1)ON=C1CCN(S(=O)(=O)c2cccc(C(F)(F)F)c2)CC1. The number of piperidine rings is 1. The summed E-state index contributed by atoms with van der Waals surface area (Å²) in [6.07, 6.45) is -2.98. The van der Waals surface area contributed by atoms with Crippen molar-refractivity contribution in [1.82, 2.24) is 9.62 Å². The normalized spacial score (nSPS) is 18.9. The zero-order valence-corrected chi connectivity index (χ0v) is 15.0. The molecular weight excluding hydrogens is 387 g/mol. The molecule has 1 aliphatic carbocycles. The van der Waals surface area contributed by atoms with Crippen LogP contribution in [-0.2, 0) is 21.0 Å². The lowest BCUT2D eigenvalue weighted by atomic mass is 10.1. The summed E-state index contributed by atoms with van der Waals surface area (Å²) >= 11 is 0. The van der Waals surface area contributed by atoms with Crippen molar-refractivity contribution in [2.24, 2.45) is 5.16 Å². The molecule has 0 bridgehead atoms. The fourth-order valence-corrected chi connectivity index (χ4v) is 4.07. The predicted molar refractivity (Wildman–Crippen MR) is 89.5 cm³/mol. The minimum atomic E-state index is -4.62. The van der Waals surface area contributed by atoms with Crippen LogP contribution in [0.5, 0.6) is 0 Å². The number of carbonyl (C=O) groups is 1. The summed E-state index contributed by atoms with van der Waals surface area (Å²) in [4.78, 5) is 15.8. The lowest BCUT2D eigenvalue weighted by Crippen LogP contribution is -2.39. The predicted octanol–water partition coefficient (Wildman–Crippen LogP) is 2.73. The molecule has 2 aliphatic rings. The van der Waals surface area contributed by atoms with E-state index in [1.807, 2.05) is 0 Å². The number of amides is 1. The highest BCUT2D eigenvalue weighted by Crippen LogP contribution is 2.31. The zero-order chi connectivity index (χ0) is 19.7. The van der Waals surface area contributed by atoms with Crippen molar-refractivity contribution in [3.63, 3.8) is 0 Å². The number of oxime groups is 1. The molecule has 0 spiro atoms. The molecule has 11 heteroatoms. The number of benzene rings is 1. The molecule has 0 radical (unpaired) electrons. The number of carbonyl (C=O) groups excluding carboxylic acids is 1. The highest BCUT2D eigenvalue weighted by atomic mass is 32.2. The molecule has 1 amide bonds. The molecule has 0 unspecified atom stereocenters. The third-order valence-corrected chi connectivity index (χ3v) is 6.15. The molecule has 3 rings (SSSR count). The number of alkyl halides is 3. The van der Waals surface area contributed by atoms with Crippen LogP contribution in [0.4, 0.5) is 18.0 Å². The first-order valence-corrected chi connectivity index (χ1v) is 9.81. The van der Waals surface area contributed by atoms with Crippen LogP contribution in [0.1, 0.15) is 31.2 Å². The van der Waals surface area contributed by atoms with Crippen molar-refractivity contribution in [3.8, 4) is 0 Å². The summed E-state index contributed by atoms with van der Waals surface area (Å²) in [5.74, 6) is 0. The third-order valence-electron chi connectivity index (χ3n) is 4.26. The van der Waals surface area contributed by atoms with Gasteiger partial charge in [0.1, 0.15) is 0 Å². The highest BCUT2D eigenvalue weighted by molar-refractivity contribution is 7.89. The lowest BCUT2D eigenvalue weighted by molar-refractivity contribution is -0.137. The standard InChI is InChI=1S/C16H18F3N3O4S/c17-16(18,19)11-2-1-3-14(10-11)27(24,25)22-8-6-13(7-9-22)21-26-15(23)20-12-4-5-12/h1-3,10,12H,4-9H2,(H,20,23). The number of nitrogens with one attached hydrogen (secondary N) is 1. The van der Waals surface area contributed by atoms with E-state index in [1.165, 1.54) is 0 Å². The monoisotopic (exact) mass is 405 g/mol. The quantitative estimate of drug-likeness (QED) is 0.616. The van der Waals surface area contributed by atoms with E-state index in [-0.39, 0.29) is 32.0 Å². The minimum Gasteiger partial charge on any atom is -0.317 e. The van der Waals surface area contributed by atoms with Crippen molar-refractivity contribution in [2.75, 3.05) is 13.1 Å². The van der Waals surface area contributed by atoms with Gasteiger partial charge in [-0.15, -0.1) is 0 Å². The van der Waals surface area contributed by atoms with Crippen LogP contribution in [0.25, 0.3) is 0 Å². The summed E-state index contributed by atoms with van der Waals surface area (Å²) in [5.41, 5.74) is -0.491. The average molecular weight is 405 g/mol. The first-order valence-electron chi connectivity index (χ1n) is 8.37. The van der Waals surface area contributed by atoms with Crippen molar-refractivity contribution < 1.29 is 31.2 Å². The van der Waals surface area contributed by atoms with Crippen LogP contribution >= 0.6 is 0 Å². The minimum absolute atomic E-state index is 0.0466. The van der Waals surface area contributed by atoms with E-state index in [9.17, 15) is 26.4 Å². The van der Waals surface area contributed by atoms with Crippen LogP contribution in [0.15, 0.2) is 34.3 Å². The zero-order valence-electron chi connectivity index (χ0n) is 14.2. The molecule has 7 nitrogen and oxygen atoms in total. The van der Waals surface area contributed by atoms with Gasteiger partial charge in [0, 0.05) is 32.0 Å². The average Bonchev–Trinajstić information content (AvgIpc) is 3.44. The fourth-order valence-electron chi connectivity index (χ4n) is 2.58. The first kappa shape index (κ1) is 19.6. The van der Waals surface area contributed by atoms with Gasteiger partial charge in [0.15, 0.2) is 0 Å². The Kier molecular flexibility index (Phi) is 5.43. The number of hydrogen-bond acceptors (Lipinski definition) is 5. The Labute approximate surface area is 154 Å². The van der Waals surface area contributed by atoms with E-state index in [4.69, 9.17) is 4.84 Å². The highest BCUT2D eigenvalue weighted by Gasteiger charge is 2.34. The molecule has 1 aliphatic heterocycles. The van der Waals surface area contributed by atoms with Gasteiger partial charge < -0.3 is 5.32 Å². The van der Waals surface area contributed by atoms with Crippen LogP contribution in [0.2, 0.25) is 0 Å². The van der Waals surface area contributed by atoms with Crippen LogP contribution in [0.3, 0.4) is 0 Å². The molecule has 0 aromatic heterocycles. The molecule has 0 atom stereocenters. The molecule has 148 valence electrons. The Morgan fingerprint density at radius 3 is 2.48 bits per heavy atom. The van der Waals surface area contributed by atoms with Gasteiger partial charge in [-0.1, -0.05) is 11.2 Å². The number of hydrogen-bond donors (Lipinski definition) is 1. The maximum Gasteiger partial charge on any atom is 0.433 e. The van der Waals surface area contributed by atoms with Gasteiger partial charge in [-0.25, -0.2) is 13.2 Å². The van der Waals surface area contributed by atoms with Crippen LogP contribution in [0, 0.1) is 0 Å². The maximum absolute atomic E-state index is 12.8. The van der Waals surface area contributed by atoms with E-state index in [0.29, 0.717) is 11.8 Å². The second kappa shape index (κ2) is 7.47. The van der Waals surface area contributed by atoms with Crippen LogP contribution in [-0.4, -0.2) is 43.7 Å². The summed E-state index contributed by atoms with van der Waals surface area (Å²) in [5, 5.41) is 6.33. The van der Waals surface area contributed by atoms with Crippen molar-refractivity contribution in [3.05, 3.63) is 29.8 Å². The van der Waals surface area contributed by atoms with Gasteiger partial charge in [-0.2, -0.15) is 17.5 Å². The number of nitrogens with zero attached hydrogens (tertiary/aromatic N) is 2. The van der Waals surface area contributed by atoms with E-state index in [2.05, 4.69) is 10.5 Å². The molecule has 27 heavy (non-hydrogen) atoms. The van der Waals surface area contributed by atoms with Gasteiger partial charge in [0.05, 0.1) is 16.2 Å². The molecule has 1 N–H and O–H groups in total. The molecule has 1 aromatic carbocycles. The van der Waals surface area contributed by atoms with Crippen molar-refractivity contribution in [2.45, 2.75) is 42.8 Å². The Balaban J connectivity index is 1.62. The van der Waals surface area contributed by atoms with E-state index in [0.717, 1.165) is 35.3 Å². The van der Waals surface area contributed by atoms with Gasteiger partial charge in [0.25, 0.3) is 0 Å². The van der Waals surface area contributed by atoms with Crippen molar-refractivity contribution in [1.29, 1.82) is 0 Å². The lowest BCUT2D eigenvalue weighted by Gasteiger charge is -2.26. The van der Waals surface area contributed by atoms with Gasteiger partial charge >= 0.3 is 12.3 Å². The van der Waals surface area contributed by atoms with E-state index >= 15 is 0 Å².